The van der Waals surface area contributed by atoms with Crippen molar-refractivity contribution in [1.29, 1.82) is 0 Å². The molecule has 0 aromatic rings. The van der Waals surface area contributed by atoms with Crippen LogP contribution in [0.3, 0.4) is 0 Å². The van der Waals surface area contributed by atoms with Crippen LogP contribution in [0.1, 0.15) is 25.7 Å². The fourth-order valence-corrected chi connectivity index (χ4v) is 1.68. The standard InChI is InChI=1S/C9H15N/c1-3-8-6-4-5-7-9(8)10-2/h1,8-10H,4-7H2,2H3/t8-,9-/m1/s1. The van der Waals surface area contributed by atoms with Gasteiger partial charge in [-0.3, -0.25) is 0 Å². The lowest BCUT2D eigenvalue weighted by Gasteiger charge is -2.27. The Hall–Kier alpha value is -0.480. The van der Waals surface area contributed by atoms with Gasteiger partial charge in [0, 0.05) is 12.0 Å². The summed E-state index contributed by atoms with van der Waals surface area (Å²) in [5.41, 5.74) is 0. The molecular weight excluding hydrogens is 122 g/mol. The van der Waals surface area contributed by atoms with Crippen LogP contribution < -0.4 is 5.32 Å². The highest BCUT2D eigenvalue weighted by Gasteiger charge is 2.20. The SMILES string of the molecule is C#C[C@@H]1CCCC[C@H]1NC. The topological polar surface area (TPSA) is 12.0 Å². The Morgan fingerprint density at radius 1 is 1.40 bits per heavy atom. The third-order valence-electron chi connectivity index (χ3n) is 2.35. The van der Waals surface area contributed by atoms with Gasteiger partial charge in [0.05, 0.1) is 0 Å². The van der Waals surface area contributed by atoms with Crippen LogP contribution in [0, 0.1) is 18.3 Å². The van der Waals surface area contributed by atoms with Crippen LogP contribution in [0.15, 0.2) is 0 Å². The number of terminal acetylenes is 1. The molecule has 1 saturated carbocycles. The highest BCUT2D eigenvalue weighted by Crippen LogP contribution is 2.22. The molecular formula is C9H15N. The summed E-state index contributed by atoms with van der Waals surface area (Å²) in [5.74, 6) is 3.33. The molecule has 0 spiro atoms. The Morgan fingerprint density at radius 3 is 2.60 bits per heavy atom. The summed E-state index contributed by atoms with van der Waals surface area (Å²) in [4.78, 5) is 0. The van der Waals surface area contributed by atoms with Crippen LogP contribution in [0.25, 0.3) is 0 Å². The predicted molar refractivity (Wildman–Crippen MR) is 43.6 cm³/mol. The first-order valence-electron chi connectivity index (χ1n) is 4.02. The van der Waals surface area contributed by atoms with Crippen LogP contribution in [0.4, 0.5) is 0 Å². The second-order valence-electron chi connectivity index (χ2n) is 2.95. The molecule has 0 amide bonds. The first-order valence-corrected chi connectivity index (χ1v) is 4.02. The Morgan fingerprint density at radius 2 is 2.10 bits per heavy atom. The quantitative estimate of drug-likeness (QED) is 0.539. The Labute approximate surface area is 63.2 Å². The van der Waals surface area contributed by atoms with Crippen LogP contribution in [0.2, 0.25) is 0 Å². The molecule has 1 N–H and O–H groups in total. The van der Waals surface area contributed by atoms with Crippen molar-refractivity contribution in [2.45, 2.75) is 31.7 Å². The molecule has 0 heterocycles. The molecule has 1 heteroatoms. The van der Waals surface area contributed by atoms with E-state index in [1.165, 1.54) is 25.7 Å². The molecule has 2 atom stereocenters. The first kappa shape index (κ1) is 7.63. The molecule has 1 rings (SSSR count). The molecule has 1 fully saturated rings. The average molecular weight is 137 g/mol. The third kappa shape index (κ3) is 1.52. The van der Waals surface area contributed by atoms with Crippen LogP contribution >= 0.6 is 0 Å². The van der Waals surface area contributed by atoms with E-state index in [1.54, 1.807) is 0 Å². The molecule has 0 radical (unpaired) electrons. The van der Waals surface area contributed by atoms with Crippen molar-refractivity contribution in [2.24, 2.45) is 5.92 Å². The van der Waals surface area contributed by atoms with Gasteiger partial charge in [-0.15, -0.1) is 12.3 Å². The molecule has 1 aliphatic rings. The summed E-state index contributed by atoms with van der Waals surface area (Å²) in [6.07, 6.45) is 10.5. The van der Waals surface area contributed by atoms with Gasteiger partial charge in [0.1, 0.15) is 0 Å². The van der Waals surface area contributed by atoms with Crippen molar-refractivity contribution in [1.82, 2.24) is 5.32 Å². The normalized spacial score (nSPS) is 33.2. The van der Waals surface area contributed by atoms with E-state index in [1.807, 2.05) is 7.05 Å². The first-order chi connectivity index (χ1) is 4.88. The monoisotopic (exact) mass is 137 g/mol. The Bertz CT molecular complexity index is 134. The van der Waals surface area contributed by atoms with Crippen molar-refractivity contribution in [3.63, 3.8) is 0 Å². The highest BCUT2D eigenvalue weighted by molar-refractivity contribution is 5.00. The van der Waals surface area contributed by atoms with E-state index < -0.39 is 0 Å². The van der Waals surface area contributed by atoms with E-state index in [4.69, 9.17) is 6.42 Å². The summed E-state index contributed by atoms with van der Waals surface area (Å²) in [7, 11) is 2.00. The van der Waals surface area contributed by atoms with Gasteiger partial charge in [-0.2, -0.15) is 0 Å². The minimum Gasteiger partial charge on any atom is -0.316 e. The molecule has 0 bridgehead atoms. The Balaban J connectivity index is 2.44. The maximum atomic E-state index is 5.38. The molecule has 0 saturated heterocycles. The second-order valence-corrected chi connectivity index (χ2v) is 2.95. The molecule has 0 aromatic heterocycles. The third-order valence-corrected chi connectivity index (χ3v) is 2.35. The lowest BCUT2D eigenvalue weighted by Crippen LogP contribution is -2.35. The summed E-state index contributed by atoms with van der Waals surface area (Å²) >= 11 is 0. The van der Waals surface area contributed by atoms with Gasteiger partial charge in [-0.25, -0.2) is 0 Å². The van der Waals surface area contributed by atoms with Gasteiger partial charge in [0.15, 0.2) is 0 Å². The van der Waals surface area contributed by atoms with Crippen LogP contribution in [-0.2, 0) is 0 Å². The molecule has 0 aromatic carbocycles. The van der Waals surface area contributed by atoms with Gasteiger partial charge in [-0.1, -0.05) is 12.8 Å². The van der Waals surface area contributed by atoms with E-state index in [-0.39, 0.29) is 0 Å². The zero-order chi connectivity index (χ0) is 7.40. The van der Waals surface area contributed by atoms with Gasteiger partial charge in [0.25, 0.3) is 0 Å². The number of rotatable bonds is 1. The minimum absolute atomic E-state index is 0.485. The highest BCUT2D eigenvalue weighted by atomic mass is 14.9. The molecule has 56 valence electrons. The maximum absolute atomic E-state index is 5.38. The van der Waals surface area contributed by atoms with Gasteiger partial charge >= 0.3 is 0 Å². The van der Waals surface area contributed by atoms with Crippen LogP contribution in [-0.4, -0.2) is 13.1 Å². The minimum atomic E-state index is 0.485. The lowest BCUT2D eigenvalue weighted by atomic mass is 9.85. The van der Waals surface area contributed by atoms with Crippen molar-refractivity contribution < 1.29 is 0 Å². The molecule has 0 unspecified atom stereocenters. The second kappa shape index (κ2) is 3.63. The zero-order valence-corrected chi connectivity index (χ0v) is 6.56. The van der Waals surface area contributed by atoms with Gasteiger partial charge in [0.2, 0.25) is 0 Å². The number of hydrogen-bond acceptors (Lipinski definition) is 1. The van der Waals surface area contributed by atoms with E-state index in [0.717, 1.165) is 0 Å². The van der Waals surface area contributed by atoms with Crippen molar-refractivity contribution in [2.75, 3.05) is 7.05 Å². The van der Waals surface area contributed by atoms with Crippen molar-refractivity contribution in [3.8, 4) is 12.3 Å². The Kier molecular flexibility index (Phi) is 2.77. The van der Waals surface area contributed by atoms with Gasteiger partial charge in [-0.05, 0) is 19.9 Å². The maximum Gasteiger partial charge on any atom is 0.0353 e. The number of nitrogens with one attached hydrogen (secondary N) is 1. The molecule has 1 aliphatic carbocycles. The average Bonchev–Trinajstić information content (AvgIpc) is 2.04. The summed E-state index contributed by atoms with van der Waals surface area (Å²) in [5, 5.41) is 3.26. The summed E-state index contributed by atoms with van der Waals surface area (Å²) < 4.78 is 0. The van der Waals surface area contributed by atoms with Crippen LogP contribution in [0.5, 0.6) is 0 Å². The van der Waals surface area contributed by atoms with E-state index in [9.17, 15) is 0 Å². The zero-order valence-electron chi connectivity index (χ0n) is 6.56. The summed E-state index contributed by atoms with van der Waals surface area (Å²) in [6.45, 7) is 0. The predicted octanol–water partition coefficient (Wildman–Crippen LogP) is 1.40. The fourth-order valence-electron chi connectivity index (χ4n) is 1.68. The van der Waals surface area contributed by atoms with Crippen molar-refractivity contribution >= 4 is 0 Å². The largest absolute Gasteiger partial charge is 0.316 e. The van der Waals surface area contributed by atoms with E-state index in [2.05, 4.69) is 11.2 Å². The molecule has 10 heavy (non-hydrogen) atoms. The van der Waals surface area contributed by atoms with E-state index >= 15 is 0 Å². The lowest BCUT2D eigenvalue weighted by molar-refractivity contribution is 0.331. The number of hydrogen-bond donors (Lipinski definition) is 1. The van der Waals surface area contributed by atoms with E-state index in [0.29, 0.717) is 12.0 Å². The smallest absolute Gasteiger partial charge is 0.0353 e. The van der Waals surface area contributed by atoms with Crippen molar-refractivity contribution in [3.05, 3.63) is 0 Å². The molecule has 0 aliphatic heterocycles. The fraction of sp³-hybridized carbons (Fsp3) is 0.778. The molecule has 1 nitrogen and oxygen atoms in total. The summed E-state index contributed by atoms with van der Waals surface area (Å²) in [6, 6.07) is 0.582. The van der Waals surface area contributed by atoms with Gasteiger partial charge < -0.3 is 5.32 Å².